The summed E-state index contributed by atoms with van der Waals surface area (Å²) in [4.78, 5) is 0. The summed E-state index contributed by atoms with van der Waals surface area (Å²) in [5.74, 6) is 0.481. The number of rotatable bonds is 8. The van der Waals surface area contributed by atoms with Gasteiger partial charge in [-0.1, -0.05) is 24.6 Å². The van der Waals surface area contributed by atoms with E-state index in [4.69, 9.17) is 4.74 Å². The van der Waals surface area contributed by atoms with Gasteiger partial charge >= 0.3 is 6.18 Å². The van der Waals surface area contributed by atoms with E-state index in [1.165, 1.54) is 16.4 Å². The van der Waals surface area contributed by atoms with E-state index in [0.717, 1.165) is 48.2 Å². The number of piperidine rings is 1. The SMILES string of the molecule is CCn1nc(Oc2ccc(C(F)(F)F)cc2)cc1-c1cccc(C(C)(C)NS(=O)(=O)N2CCCCC2)c1. The van der Waals surface area contributed by atoms with Gasteiger partial charge < -0.3 is 4.74 Å². The van der Waals surface area contributed by atoms with Gasteiger partial charge in [0.2, 0.25) is 5.88 Å². The van der Waals surface area contributed by atoms with E-state index >= 15 is 0 Å². The van der Waals surface area contributed by atoms with Crippen molar-refractivity contribution in [1.82, 2.24) is 18.8 Å². The lowest BCUT2D eigenvalue weighted by Crippen LogP contribution is -2.50. The number of benzene rings is 2. The topological polar surface area (TPSA) is 76.5 Å². The molecule has 0 unspecified atom stereocenters. The highest BCUT2D eigenvalue weighted by Gasteiger charge is 2.32. The minimum Gasteiger partial charge on any atom is -0.438 e. The first kappa shape index (κ1) is 27.2. The zero-order chi connectivity index (χ0) is 26.8. The average Bonchev–Trinajstić information content (AvgIpc) is 3.27. The number of aromatic nitrogens is 2. The van der Waals surface area contributed by atoms with Gasteiger partial charge in [-0.05, 0) is 69.5 Å². The van der Waals surface area contributed by atoms with Crippen LogP contribution in [0.3, 0.4) is 0 Å². The van der Waals surface area contributed by atoms with Crippen molar-refractivity contribution in [2.24, 2.45) is 0 Å². The quantitative estimate of drug-likeness (QED) is 0.387. The Labute approximate surface area is 215 Å². The molecule has 37 heavy (non-hydrogen) atoms. The van der Waals surface area contributed by atoms with E-state index in [-0.39, 0.29) is 11.6 Å². The Bertz CT molecular complexity index is 1330. The predicted octanol–water partition coefficient (Wildman–Crippen LogP) is 5.94. The molecule has 1 N–H and O–H groups in total. The van der Waals surface area contributed by atoms with Gasteiger partial charge in [-0.25, -0.2) is 0 Å². The summed E-state index contributed by atoms with van der Waals surface area (Å²) in [5, 5.41) is 4.44. The van der Waals surface area contributed by atoms with Crippen LogP contribution in [0.5, 0.6) is 11.6 Å². The van der Waals surface area contributed by atoms with Crippen molar-refractivity contribution in [3.63, 3.8) is 0 Å². The van der Waals surface area contributed by atoms with Crippen LogP contribution in [-0.4, -0.2) is 35.6 Å². The zero-order valence-corrected chi connectivity index (χ0v) is 21.9. The number of halogens is 3. The van der Waals surface area contributed by atoms with E-state index in [2.05, 4.69) is 9.82 Å². The van der Waals surface area contributed by atoms with Gasteiger partial charge in [-0.15, -0.1) is 5.10 Å². The molecule has 1 fully saturated rings. The van der Waals surface area contributed by atoms with Gasteiger partial charge in [0.05, 0.1) is 16.8 Å². The zero-order valence-electron chi connectivity index (χ0n) is 21.0. The Balaban J connectivity index is 1.56. The van der Waals surface area contributed by atoms with Gasteiger partial charge in [-0.2, -0.15) is 30.6 Å². The van der Waals surface area contributed by atoms with Crippen molar-refractivity contribution in [3.05, 3.63) is 65.7 Å². The lowest BCUT2D eigenvalue weighted by molar-refractivity contribution is -0.137. The molecule has 2 heterocycles. The van der Waals surface area contributed by atoms with Crippen molar-refractivity contribution in [3.8, 4) is 22.9 Å². The Morgan fingerprint density at radius 1 is 0.973 bits per heavy atom. The molecule has 3 aromatic rings. The van der Waals surface area contributed by atoms with Crippen LogP contribution in [0.15, 0.2) is 54.6 Å². The van der Waals surface area contributed by atoms with Crippen LogP contribution in [0.25, 0.3) is 11.3 Å². The van der Waals surface area contributed by atoms with Crippen LogP contribution < -0.4 is 9.46 Å². The number of alkyl halides is 3. The first-order valence-corrected chi connectivity index (χ1v) is 13.7. The Morgan fingerprint density at radius 3 is 2.27 bits per heavy atom. The van der Waals surface area contributed by atoms with Crippen molar-refractivity contribution in [1.29, 1.82) is 0 Å². The third kappa shape index (κ3) is 6.34. The van der Waals surface area contributed by atoms with Gasteiger partial charge in [0.25, 0.3) is 10.2 Å². The maximum absolute atomic E-state index is 13.0. The summed E-state index contributed by atoms with van der Waals surface area (Å²) in [5.41, 5.74) is 0.693. The van der Waals surface area contributed by atoms with E-state index in [1.54, 1.807) is 10.7 Å². The summed E-state index contributed by atoms with van der Waals surface area (Å²) in [6.45, 7) is 7.12. The molecular formula is C26H31F3N4O3S. The summed E-state index contributed by atoms with van der Waals surface area (Å²) >= 11 is 0. The molecule has 200 valence electrons. The molecule has 0 amide bonds. The number of nitrogens with one attached hydrogen (secondary N) is 1. The Morgan fingerprint density at radius 2 is 1.65 bits per heavy atom. The minimum atomic E-state index is -4.42. The maximum Gasteiger partial charge on any atom is 0.416 e. The molecule has 0 saturated carbocycles. The van der Waals surface area contributed by atoms with Crippen molar-refractivity contribution < 1.29 is 26.3 Å². The monoisotopic (exact) mass is 536 g/mol. The summed E-state index contributed by atoms with van der Waals surface area (Å²) in [7, 11) is -3.65. The van der Waals surface area contributed by atoms with E-state index in [1.807, 2.05) is 45.0 Å². The summed E-state index contributed by atoms with van der Waals surface area (Å²) in [6.07, 6.45) is -1.67. The first-order valence-electron chi connectivity index (χ1n) is 12.2. The molecule has 7 nitrogen and oxygen atoms in total. The Kier molecular flexibility index (Phi) is 7.68. The number of nitrogens with zero attached hydrogens (tertiary/aromatic N) is 3. The highest BCUT2D eigenvalue weighted by Crippen LogP contribution is 2.33. The standard InChI is InChI=1S/C26H31F3N4O3S/c1-4-33-23(18-24(30-33)36-22-13-11-20(12-14-22)26(27,28)29)19-9-8-10-21(17-19)25(2,3)31-37(34,35)32-15-6-5-7-16-32/h8-14,17-18,31H,4-7,15-16H2,1-3H3. The van der Waals surface area contributed by atoms with Gasteiger partial charge in [0.1, 0.15) is 5.75 Å². The molecule has 0 aliphatic carbocycles. The normalized spacial score (nSPS) is 15.6. The van der Waals surface area contributed by atoms with E-state index in [9.17, 15) is 21.6 Å². The lowest BCUT2D eigenvalue weighted by Gasteiger charge is -2.32. The van der Waals surface area contributed by atoms with E-state index in [0.29, 0.717) is 19.6 Å². The summed E-state index contributed by atoms with van der Waals surface area (Å²) in [6, 6.07) is 13.7. The molecular weight excluding hydrogens is 505 g/mol. The molecule has 4 rings (SSSR count). The third-order valence-corrected chi connectivity index (χ3v) is 8.19. The lowest BCUT2D eigenvalue weighted by atomic mass is 9.93. The molecule has 1 saturated heterocycles. The smallest absolute Gasteiger partial charge is 0.416 e. The fourth-order valence-electron chi connectivity index (χ4n) is 4.37. The van der Waals surface area contributed by atoms with Gasteiger partial charge in [-0.3, -0.25) is 4.68 Å². The van der Waals surface area contributed by atoms with Crippen LogP contribution in [0.4, 0.5) is 13.2 Å². The molecule has 2 aromatic carbocycles. The second-order valence-corrected chi connectivity index (χ2v) is 11.3. The molecule has 1 aliphatic rings. The van der Waals surface area contributed by atoms with Crippen LogP contribution in [0.1, 0.15) is 51.2 Å². The van der Waals surface area contributed by atoms with E-state index < -0.39 is 27.5 Å². The average molecular weight is 537 g/mol. The number of hydrogen-bond donors (Lipinski definition) is 1. The number of aryl methyl sites for hydroxylation is 1. The second kappa shape index (κ2) is 10.5. The Hall–Kier alpha value is -2.89. The molecule has 0 atom stereocenters. The van der Waals surface area contributed by atoms with Crippen molar-refractivity contribution in [2.45, 2.75) is 58.3 Å². The van der Waals surface area contributed by atoms with Gasteiger partial charge in [0, 0.05) is 31.3 Å². The third-order valence-electron chi connectivity index (χ3n) is 6.38. The van der Waals surface area contributed by atoms with Gasteiger partial charge in [0.15, 0.2) is 0 Å². The second-order valence-electron chi connectivity index (χ2n) is 9.58. The minimum absolute atomic E-state index is 0.238. The highest BCUT2D eigenvalue weighted by atomic mass is 32.2. The highest BCUT2D eigenvalue weighted by molar-refractivity contribution is 7.87. The van der Waals surface area contributed by atoms with Crippen LogP contribution >= 0.6 is 0 Å². The largest absolute Gasteiger partial charge is 0.438 e. The number of ether oxygens (including phenoxy) is 1. The van der Waals surface area contributed by atoms with Crippen molar-refractivity contribution >= 4 is 10.2 Å². The van der Waals surface area contributed by atoms with Crippen LogP contribution in [0.2, 0.25) is 0 Å². The molecule has 11 heteroatoms. The molecule has 1 aromatic heterocycles. The number of hydrogen-bond acceptors (Lipinski definition) is 4. The van der Waals surface area contributed by atoms with Crippen molar-refractivity contribution in [2.75, 3.05) is 13.1 Å². The molecule has 0 radical (unpaired) electrons. The fourth-order valence-corrected chi connectivity index (χ4v) is 6.00. The van der Waals surface area contributed by atoms with Crippen LogP contribution in [-0.2, 0) is 28.5 Å². The molecule has 0 bridgehead atoms. The summed E-state index contributed by atoms with van der Waals surface area (Å²) < 4.78 is 76.3. The predicted molar refractivity (Wildman–Crippen MR) is 135 cm³/mol. The maximum atomic E-state index is 13.0. The fraction of sp³-hybridized carbons (Fsp3) is 0.423. The van der Waals surface area contributed by atoms with Crippen LogP contribution in [0, 0.1) is 0 Å². The molecule has 1 aliphatic heterocycles. The molecule has 0 spiro atoms. The first-order chi connectivity index (χ1) is 17.4.